The molecule has 2 aromatic rings. The van der Waals surface area contributed by atoms with Crippen LogP contribution in [0.4, 0.5) is 13.2 Å². The zero-order chi connectivity index (χ0) is 15.5. The number of nitrogens with two attached hydrogens (primary N) is 1. The predicted octanol–water partition coefficient (Wildman–Crippen LogP) is 3.43. The van der Waals surface area contributed by atoms with Crippen LogP contribution in [0.3, 0.4) is 0 Å². The molecule has 110 valence electrons. The third kappa shape index (κ3) is 3.34. The second kappa shape index (κ2) is 5.87. The topological polar surface area (TPSA) is 47.6 Å². The molecule has 0 saturated carbocycles. The molecule has 2 aromatic carbocycles. The lowest BCUT2D eigenvalue weighted by molar-refractivity contribution is -0.137. The summed E-state index contributed by atoms with van der Waals surface area (Å²) in [6.07, 6.45) is -4.36. The highest BCUT2D eigenvalue weighted by Crippen LogP contribution is 2.29. The Morgan fingerprint density at radius 1 is 0.952 bits per heavy atom. The van der Waals surface area contributed by atoms with Crippen molar-refractivity contribution in [3.8, 4) is 5.75 Å². The molecule has 6 heteroatoms. The van der Waals surface area contributed by atoms with Gasteiger partial charge in [-0.15, -0.1) is 0 Å². The molecular formula is C15H13F3N2O. The van der Waals surface area contributed by atoms with Crippen LogP contribution in [0.1, 0.15) is 16.7 Å². The summed E-state index contributed by atoms with van der Waals surface area (Å²) in [6, 6.07) is 11.6. The molecule has 0 aliphatic heterocycles. The van der Waals surface area contributed by atoms with Gasteiger partial charge in [0.1, 0.15) is 5.75 Å². The van der Waals surface area contributed by atoms with Crippen LogP contribution in [0.15, 0.2) is 53.6 Å². The Kier molecular flexibility index (Phi) is 4.16. The molecule has 3 nitrogen and oxygen atoms in total. The van der Waals surface area contributed by atoms with E-state index in [1.165, 1.54) is 12.1 Å². The molecule has 0 saturated heterocycles. The van der Waals surface area contributed by atoms with E-state index >= 15 is 0 Å². The van der Waals surface area contributed by atoms with E-state index in [4.69, 9.17) is 10.6 Å². The van der Waals surface area contributed by atoms with E-state index in [9.17, 15) is 13.2 Å². The number of rotatable bonds is 3. The van der Waals surface area contributed by atoms with Gasteiger partial charge >= 0.3 is 6.18 Å². The smallest absolute Gasteiger partial charge is 0.416 e. The summed E-state index contributed by atoms with van der Waals surface area (Å²) in [5.41, 5.74) is 0.900. The van der Waals surface area contributed by atoms with Crippen molar-refractivity contribution in [2.45, 2.75) is 6.18 Å². The third-order valence-corrected chi connectivity index (χ3v) is 2.98. The van der Waals surface area contributed by atoms with E-state index in [1.807, 2.05) is 0 Å². The summed E-state index contributed by atoms with van der Waals surface area (Å²) in [5, 5.41) is 3.67. The Balaban J connectivity index is 2.33. The number of hydrogen-bond acceptors (Lipinski definition) is 3. The Labute approximate surface area is 119 Å². The van der Waals surface area contributed by atoms with Crippen molar-refractivity contribution in [2.24, 2.45) is 10.9 Å². The Morgan fingerprint density at radius 3 is 1.81 bits per heavy atom. The van der Waals surface area contributed by atoms with Gasteiger partial charge in [-0.1, -0.05) is 12.1 Å². The van der Waals surface area contributed by atoms with E-state index in [-0.39, 0.29) is 0 Å². The van der Waals surface area contributed by atoms with Gasteiger partial charge in [-0.2, -0.15) is 18.3 Å². The highest BCUT2D eigenvalue weighted by molar-refractivity contribution is 6.12. The average molecular weight is 294 g/mol. The predicted molar refractivity (Wildman–Crippen MR) is 74.3 cm³/mol. The average Bonchev–Trinajstić information content (AvgIpc) is 2.48. The van der Waals surface area contributed by atoms with Crippen LogP contribution in [-0.2, 0) is 6.18 Å². The Hall–Kier alpha value is -2.50. The van der Waals surface area contributed by atoms with Crippen molar-refractivity contribution in [2.75, 3.05) is 7.11 Å². The number of methoxy groups -OCH3 is 1. The fraction of sp³-hybridized carbons (Fsp3) is 0.133. The van der Waals surface area contributed by atoms with Crippen molar-refractivity contribution in [1.29, 1.82) is 0 Å². The molecule has 0 heterocycles. The van der Waals surface area contributed by atoms with E-state index < -0.39 is 11.7 Å². The molecule has 0 atom stereocenters. The lowest BCUT2D eigenvalue weighted by Crippen LogP contribution is -2.09. The summed E-state index contributed by atoms with van der Waals surface area (Å²) in [5.74, 6) is 6.03. The first kappa shape index (κ1) is 14.9. The van der Waals surface area contributed by atoms with E-state index in [0.717, 1.165) is 12.1 Å². The highest BCUT2D eigenvalue weighted by Gasteiger charge is 2.30. The van der Waals surface area contributed by atoms with Crippen molar-refractivity contribution in [3.05, 3.63) is 65.2 Å². The maximum atomic E-state index is 12.5. The van der Waals surface area contributed by atoms with Crippen molar-refractivity contribution in [1.82, 2.24) is 0 Å². The molecule has 0 spiro atoms. The molecule has 0 aromatic heterocycles. The zero-order valence-corrected chi connectivity index (χ0v) is 11.2. The fourth-order valence-electron chi connectivity index (χ4n) is 1.88. The van der Waals surface area contributed by atoms with Gasteiger partial charge < -0.3 is 10.6 Å². The minimum atomic E-state index is -4.36. The van der Waals surface area contributed by atoms with E-state index in [1.54, 1.807) is 31.4 Å². The summed E-state index contributed by atoms with van der Waals surface area (Å²) in [6.45, 7) is 0. The quantitative estimate of drug-likeness (QED) is 0.535. The standard InChI is InChI=1S/C15H13F3N2O/c1-21-13-8-4-11(5-9-13)14(20-19)10-2-6-12(7-3-10)15(16,17)18/h2-9H,19H2,1H3. The SMILES string of the molecule is COc1ccc(C(=NN)c2ccc(C(F)(F)F)cc2)cc1. The van der Waals surface area contributed by atoms with Gasteiger partial charge in [0.05, 0.1) is 18.4 Å². The first-order chi connectivity index (χ1) is 9.95. The Morgan fingerprint density at radius 2 is 1.43 bits per heavy atom. The van der Waals surface area contributed by atoms with E-state index in [2.05, 4.69) is 5.10 Å². The van der Waals surface area contributed by atoms with Crippen molar-refractivity contribution >= 4 is 5.71 Å². The summed E-state index contributed by atoms with van der Waals surface area (Å²) >= 11 is 0. The first-order valence-electron chi connectivity index (χ1n) is 6.05. The molecule has 0 unspecified atom stereocenters. The molecule has 0 aliphatic rings. The monoisotopic (exact) mass is 294 g/mol. The first-order valence-corrected chi connectivity index (χ1v) is 6.05. The van der Waals surface area contributed by atoms with E-state index in [0.29, 0.717) is 22.6 Å². The Bertz CT molecular complexity index is 631. The molecule has 0 radical (unpaired) electrons. The van der Waals surface area contributed by atoms with Gasteiger partial charge in [0.2, 0.25) is 0 Å². The number of hydrazone groups is 1. The van der Waals surface area contributed by atoms with Crippen molar-refractivity contribution < 1.29 is 17.9 Å². The normalized spacial score (nSPS) is 12.3. The van der Waals surface area contributed by atoms with Gasteiger partial charge in [0.25, 0.3) is 0 Å². The molecule has 0 fully saturated rings. The molecular weight excluding hydrogens is 281 g/mol. The second-order valence-corrected chi connectivity index (χ2v) is 4.28. The van der Waals surface area contributed by atoms with Gasteiger partial charge in [-0.25, -0.2) is 0 Å². The van der Waals surface area contributed by atoms with Crippen LogP contribution >= 0.6 is 0 Å². The highest BCUT2D eigenvalue weighted by atomic mass is 19.4. The van der Waals surface area contributed by atoms with Crippen molar-refractivity contribution in [3.63, 3.8) is 0 Å². The molecule has 0 amide bonds. The maximum Gasteiger partial charge on any atom is 0.416 e. The lowest BCUT2D eigenvalue weighted by Gasteiger charge is -2.09. The van der Waals surface area contributed by atoms with Gasteiger partial charge in [0, 0.05) is 11.1 Å². The maximum absolute atomic E-state index is 12.5. The van der Waals surface area contributed by atoms with Crippen LogP contribution in [-0.4, -0.2) is 12.8 Å². The second-order valence-electron chi connectivity index (χ2n) is 4.28. The number of ether oxygens (including phenoxy) is 1. The van der Waals surface area contributed by atoms with Crippen LogP contribution in [0.2, 0.25) is 0 Å². The molecule has 2 N–H and O–H groups in total. The molecule has 0 aliphatic carbocycles. The van der Waals surface area contributed by atoms with Gasteiger partial charge in [0.15, 0.2) is 0 Å². The van der Waals surface area contributed by atoms with Crippen LogP contribution in [0.5, 0.6) is 5.75 Å². The van der Waals surface area contributed by atoms with Crippen LogP contribution in [0, 0.1) is 0 Å². The number of halogens is 3. The zero-order valence-electron chi connectivity index (χ0n) is 11.2. The van der Waals surface area contributed by atoms with Gasteiger partial charge in [-0.05, 0) is 36.4 Å². The minimum Gasteiger partial charge on any atom is -0.497 e. The fourth-order valence-corrected chi connectivity index (χ4v) is 1.88. The van der Waals surface area contributed by atoms with Crippen LogP contribution < -0.4 is 10.6 Å². The molecule has 2 rings (SSSR count). The molecule has 21 heavy (non-hydrogen) atoms. The third-order valence-electron chi connectivity index (χ3n) is 2.98. The number of benzene rings is 2. The summed E-state index contributed by atoms with van der Waals surface area (Å²) in [4.78, 5) is 0. The lowest BCUT2D eigenvalue weighted by atomic mass is 10.0. The number of nitrogens with zero attached hydrogens (tertiary/aromatic N) is 1. The largest absolute Gasteiger partial charge is 0.497 e. The van der Waals surface area contributed by atoms with Gasteiger partial charge in [-0.3, -0.25) is 0 Å². The molecule has 0 bridgehead atoms. The summed E-state index contributed by atoms with van der Waals surface area (Å²) < 4.78 is 42.7. The minimum absolute atomic E-state index is 0.409. The van der Waals surface area contributed by atoms with Crippen LogP contribution in [0.25, 0.3) is 0 Å². The summed E-state index contributed by atoms with van der Waals surface area (Å²) in [7, 11) is 1.54. The number of hydrogen-bond donors (Lipinski definition) is 1. The number of alkyl halides is 3.